The number of hydrogen-bond acceptors (Lipinski definition) is 5. The van der Waals surface area contributed by atoms with Gasteiger partial charge in [-0.2, -0.15) is 0 Å². The van der Waals surface area contributed by atoms with E-state index in [0.717, 1.165) is 0 Å². The van der Waals surface area contributed by atoms with E-state index in [1.54, 1.807) is 45.3 Å². The fraction of sp³-hybridized carbons (Fsp3) is 0.278. The topological polar surface area (TPSA) is 109 Å². The number of furan rings is 1. The number of benzene rings is 1. The SMILES string of the molecule is CCc1oc(C(=O)Nc2cccc(OCC(=O)N(C)C)c2)cc1C(=O)O. The van der Waals surface area contributed by atoms with Gasteiger partial charge < -0.3 is 24.5 Å². The van der Waals surface area contributed by atoms with Crippen molar-refractivity contribution >= 4 is 23.5 Å². The molecule has 2 amide bonds. The molecule has 2 aromatic rings. The van der Waals surface area contributed by atoms with Crippen LogP contribution in [0, 0.1) is 0 Å². The first-order valence-corrected chi connectivity index (χ1v) is 7.92. The molecule has 0 radical (unpaired) electrons. The summed E-state index contributed by atoms with van der Waals surface area (Å²) in [5.74, 6) is -1.35. The highest BCUT2D eigenvalue weighted by molar-refractivity contribution is 6.04. The third kappa shape index (κ3) is 4.62. The zero-order valence-electron chi connectivity index (χ0n) is 14.7. The number of hydrogen-bond donors (Lipinski definition) is 2. The van der Waals surface area contributed by atoms with Gasteiger partial charge in [0, 0.05) is 38.3 Å². The molecule has 0 fully saturated rings. The summed E-state index contributed by atoms with van der Waals surface area (Å²) in [6.45, 7) is 1.62. The number of carbonyl (C=O) groups is 3. The number of amides is 2. The van der Waals surface area contributed by atoms with Gasteiger partial charge in [-0.3, -0.25) is 9.59 Å². The summed E-state index contributed by atoms with van der Waals surface area (Å²) >= 11 is 0. The zero-order chi connectivity index (χ0) is 19.3. The lowest BCUT2D eigenvalue weighted by atomic mass is 10.2. The first-order chi connectivity index (χ1) is 12.3. The Kier molecular flexibility index (Phi) is 6.00. The molecule has 0 aliphatic rings. The third-order valence-electron chi connectivity index (χ3n) is 3.54. The van der Waals surface area contributed by atoms with Crippen molar-refractivity contribution in [2.24, 2.45) is 0 Å². The number of nitrogens with zero attached hydrogens (tertiary/aromatic N) is 1. The normalized spacial score (nSPS) is 10.3. The Hall–Kier alpha value is -3.29. The van der Waals surface area contributed by atoms with Crippen molar-refractivity contribution in [1.82, 2.24) is 4.90 Å². The van der Waals surface area contributed by atoms with E-state index in [0.29, 0.717) is 17.9 Å². The number of aryl methyl sites for hydroxylation is 1. The highest BCUT2D eigenvalue weighted by atomic mass is 16.5. The van der Waals surface area contributed by atoms with Crippen LogP contribution in [0.3, 0.4) is 0 Å². The maximum Gasteiger partial charge on any atom is 0.339 e. The van der Waals surface area contributed by atoms with Gasteiger partial charge in [-0.05, 0) is 12.1 Å². The fourth-order valence-electron chi connectivity index (χ4n) is 2.11. The number of nitrogens with one attached hydrogen (secondary N) is 1. The van der Waals surface area contributed by atoms with Crippen molar-refractivity contribution in [1.29, 1.82) is 0 Å². The molecule has 0 aliphatic carbocycles. The van der Waals surface area contributed by atoms with Crippen molar-refractivity contribution in [2.75, 3.05) is 26.0 Å². The van der Waals surface area contributed by atoms with Gasteiger partial charge in [0.25, 0.3) is 11.8 Å². The molecule has 1 aromatic carbocycles. The maximum absolute atomic E-state index is 12.3. The molecular weight excluding hydrogens is 340 g/mol. The number of aromatic carboxylic acids is 1. The van der Waals surface area contributed by atoms with Crippen LogP contribution in [0.4, 0.5) is 5.69 Å². The van der Waals surface area contributed by atoms with E-state index in [2.05, 4.69) is 5.32 Å². The molecule has 26 heavy (non-hydrogen) atoms. The Morgan fingerprint density at radius 3 is 2.54 bits per heavy atom. The van der Waals surface area contributed by atoms with Crippen LogP contribution in [0.2, 0.25) is 0 Å². The van der Waals surface area contributed by atoms with Gasteiger partial charge in [0.05, 0.1) is 0 Å². The van der Waals surface area contributed by atoms with Crippen LogP contribution < -0.4 is 10.1 Å². The molecule has 0 aliphatic heterocycles. The quantitative estimate of drug-likeness (QED) is 0.784. The van der Waals surface area contributed by atoms with E-state index in [4.69, 9.17) is 14.3 Å². The highest BCUT2D eigenvalue weighted by Gasteiger charge is 2.20. The number of carbonyl (C=O) groups excluding carboxylic acids is 2. The predicted molar refractivity (Wildman–Crippen MR) is 93.6 cm³/mol. The molecule has 0 atom stereocenters. The van der Waals surface area contributed by atoms with Crippen LogP contribution in [0.5, 0.6) is 5.75 Å². The van der Waals surface area contributed by atoms with Crippen molar-refractivity contribution < 1.29 is 28.6 Å². The van der Waals surface area contributed by atoms with Gasteiger partial charge in [0.2, 0.25) is 0 Å². The Morgan fingerprint density at radius 1 is 1.23 bits per heavy atom. The van der Waals surface area contributed by atoms with Gasteiger partial charge in [-0.15, -0.1) is 0 Å². The third-order valence-corrected chi connectivity index (χ3v) is 3.54. The summed E-state index contributed by atoms with van der Waals surface area (Å²) in [6, 6.07) is 7.71. The van der Waals surface area contributed by atoms with Crippen LogP contribution in [0.1, 0.15) is 33.6 Å². The second-order valence-electron chi connectivity index (χ2n) is 5.67. The zero-order valence-corrected chi connectivity index (χ0v) is 14.7. The number of likely N-dealkylation sites (N-methyl/N-ethyl adjacent to an activating group) is 1. The summed E-state index contributed by atoms with van der Waals surface area (Å²) < 4.78 is 10.7. The molecule has 0 unspecified atom stereocenters. The highest BCUT2D eigenvalue weighted by Crippen LogP contribution is 2.21. The van der Waals surface area contributed by atoms with Gasteiger partial charge in [0.1, 0.15) is 17.1 Å². The summed E-state index contributed by atoms with van der Waals surface area (Å²) in [5.41, 5.74) is 0.396. The molecule has 0 bridgehead atoms. The monoisotopic (exact) mass is 360 g/mol. The molecule has 8 nitrogen and oxygen atoms in total. The van der Waals surface area contributed by atoms with Gasteiger partial charge in [-0.25, -0.2) is 4.79 Å². The number of carboxylic acid groups (broad SMARTS) is 1. The molecular formula is C18H20N2O6. The number of rotatable bonds is 7. The summed E-state index contributed by atoms with van der Waals surface area (Å²) in [5, 5.41) is 11.7. The first-order valence-electron chi connectivity index (χ1n) is 7.92. The second-order valence-corrected chi connectivity index (χ2v) is 5.67. The van der Waals surface area contributed by atoms with E-state index in [1.807, 2.05) is 0 Å². The lowest BCUT2D eigenvalue weighted by molar-refractivity contribution is -0.130. The summed E-state index contributed by atoms with van der Waals surface area (Å²) in [7, 11) is 3.25. The molecule has 138 valence electrons. The van der Waals surface area contributed by atoms with Crippen molar-refractivity contribution in [3.05, 3.63) is 47.4 Å². The average molecular weight is 360 g/mol. The number of ether oxygens (including phenoxy) is 1. The largest absolute Gasteiger partial charge is 0.484 e. The van der Waals surface area contributed by atoms with Gasteiger partial charge in [0.15, 0.2) is 12.4 Å². The predicted octanol–water partition coefficient (Wildman–Crippen LogP) is 2.26. The Bertz CT molecular complexity index is 825. The summed E-state index contributed by atoms with van der Waals surface area (Å²) in [4.78, 5) is 36.4. The van der Waals surface area contributed by atoms with E-state index in [1.165, 1.54) is 11.0 Å². The van der Waals surface area contributed by atoms with E-state index in [9.17, 15) is 14.4 Å². The van der Waals surface area contributed by atoms with Crippen LogP contribution in [-0.4, -0.2) is 48.5 Å². The molecule has 0 spiro atoms. The average Bonchev–Trinajstić information content (AvgIpc) is 3.04. The smallest absolute Gasteiger partial charge is 0.339 e. The minimum absolute atomic E-state index is 0.0306. The summed E-state index contributed by atoms with van der Waals surface area (Å²) in [6.07, 6.45) is 0.359. The minimum Gasteiger partial charge on any atom is -0.484 e. The van der Waals surface area contributed by atoms with Crippen LogP contribution in [-0.2, 0) is 11.2 Å². The molecule has 0 saturated heterocycles. The van der Waals surface area contributed by atoms with Gasteiger partial charge in [-0.1, -0.05) is 13.0 Å². The molecule has 8 heteroatoms. The molecule has 2 rings (SSSR count). The Labute approximate surface area is 150 Å². The lowest BCUT2D eigenvalue weighted by Crippen LogP contribution is -2.27. The second kappa shape index (κ2) is 8.19. The van der Waals surface area contributed by atoms with Crippen molar-refractivity contribution in [2.45, 2.75) is 13.3 Å². The fourth-order valence-corrected chi connectivity index (χ4v) is 2.11. The van der Waals surface area contributed by atoms with Crippen LogP contribution in [0.25, 0.3) is 0 Å². The minimum atomic E-state index is -1.15. The number of anilines is 1. The van der Waals surface area contributed by atoms with Crippen molar-refractivity contribution in [3.63, 3.8) is 0 Å². The Morgan fingerprint density at radius 2 is 1.96 bits per heavy atom. The van der Waals surface area contributed by atoms with Crippen LogP contribution in [0.15, 0.2) is 34.7 Å². The first kappa shape index (κ1) is 19.0. The van der Waals surface area contributed by atoms with Gasteiger partial charge >= 0.3 is 5.97 Å². The van der Waals surface area contributed by atoms with E-state index in [-0.39, 0.29) is 29.6 Å². The van der Waals surface area contributed by atoms with E-state index < -0.39 is 11.9 Å². The molecule has 2 N–H and O–H groups in total. The Balaban J connectivity index is 2.09. The molecule has 0 saturated carbocycles. The maximum atomic E-state index is 12.3. The standard InChI is InChI=1S/C18H20N2O6/c1-4-14-13(18(23)24)9-15(26-14)17(22)19-11-6-5-7-12(8-11)25-10-16(21)20(2)3/h5-9H,4,10H2,1-3H3,(H,19,22)(H,23,24). The van der Waals surface area contributed by atoms with Crippen LogP contribution >= 0.6 is 0 Å². The molecule has 1 heterocycles. The molecule has 1 aromatic heterocycles. The lowest BCUT2D eigenvalue weighted by Gasteiger charge is -2.12. The number of carboxylic acids is 1. The van der Waals surface area contributed by atoms with Crippen molar-refractivity contribution in [3.8, 4) is 5.75 Å². The van der Waals surface area contributed by atoms with E-state index >= 15 is 0 Å².